The SMILES string of the molecule is C[NH2+]CC(=O)Cl. The number of carbonyl (C=O) groups excluding carboxylic acids is 1. The van der Waals surface area contributed by atoms with Gasteiger partial charge < -0.3 is 5.32 Å². The summed E-state index contributed by atoms with van der Waals surface area (Å²) in [6, 6.07) is 0. The first kappa shape index (κ1) is 5.92. The molecule has 0 aliphatic heterocycles. The minimum absolute atomic E-state index is 0.294. The third kappa shape index (κ3) is 3.92. The van der Waals surface area contributed by atoms with Crippen molar-refractivity contribution in [3.8, 4) is 0 Å². The minimum atomic E-state index is -0.294. The molecule has 0 fully saturated rings. The van der Waals surface area contributed by atoms with E-state index in [1.807, 2.05) is 0 Å². The second-order valence-corrected chi connectivity index (χ2v) is 1.39. The summed E-state index contributed by atoms with van der Waals surface area (Å²) in [6.45, 7) is 0.377. The average molecular weight is 109 g/mol. The van der Waals surface area contributed by atoms with E-state index in [2.05, 4.69) is 0 Å². The molecule has 0 aromatic rings. The van der Waals surface area contributed by atoms with Gasteiger partial charge in [-0.3, -0.25) is 4.79 Å². The van der Waals surface area contributed by atoms with Gasteiger partial charge in [-0.05, 0) is 11.6 Å². The first-order valence-corrected chi connectivity index (χ1v) is 2.11. The van der Waals surface area contributed by atoms with E-state index < -0.39 is 0 Å². The van der Waals surface area contributed by atoms with Crippen molar-refractivity contribution in [3.05, 3.63) is 0 Å². The highest BCUT2D eigenvalue weighted by molar-refractivity contribution is 6.63. The smallest absolute Gasteiger partial charge is 0.276 e. The molecular weight excluding hydrogens is 101 g/mol. The van der Waals surface area contributed by atoms with Crippen LogP contribution in [0.1, 0.15) is 0 Å². The fourth-order valence-electron chi connectivity index (χ4n) is 0.160. The summed E-state index contributed by atoms with van der Waals surface area (Å²) in [6.07, 6.45) is 0. The summed E-state index contributed by atoms with van der Waals surface area (Å²) in [5.41, 5.74) is 0. The predicted molar refractivity (Wildman–Crippen MR) is 23.6 cm³/mol. The molecule has 3 heteroatoms. The molecule has 0 rings (SSSR count). The molecule has 2 nitrogen and oxygen atoms in total. The molecule has 0 atom stereocenters. The highest BCUT2D eigenvalue weighted by Gasteiger charge is 1.90. The Bertz CT molecular complexity index is 54.8. The highest BCUT2D eigenvalue weighted by Crippen LogP contribution is 1.67. The van der Waals surface area contributed by atoms with Crippen LogP contribution in [-0.4, -0.2) is 18.8 Å². The first-order valence-electron chi connectivity index (χ1n) is 1.73. The molecule has 6 heavy (non-hydrogen) atoms. The molecule has 0 heterocycles. The summed E-state index contributed by atoms with van der Waals surface area (Å²) in [5.74, 6) is 0. The Kier molecular flexibility index (Phi) is 3.08. The van der Waals surface area contributed by atoms with E-state index in [0.29, 0.717) is 6.54 Å². The molecule has 0 saturated carbocycles. The zero-order chi connectivity index (χ0) is 4.99. The van der Waals surface area contributed by atoms with Gasteiger partial charge in [0, 0.05) is 0 Å². The van der Waals surface area contributed by atoms with Crippen molar-refractivity contribution in [1.82, 2.24) is 0 Å². The van der Waals surface area contributed by atoms with Crippen molar-refractivity contribution < 1.29 is 10.1 Å². The molecule has 0 aliphatic carbocycles. The van der Waals surface area contributed by atoms with Crippen LogP contribution in [0.15, 0.2) is 0 Å². The van der Waals surface area contributed by atoms with Crippen LogP contribution in [0.3, 0.4) is 0 Å². The van der Waals surface area contributed by atoms with Crippen LogP contribution in [0.2, 0.25) is 0 Å². The zero-order valence-electron chi connectivity index (χ0n) is 3.57. The van der Waals surface area contributed by atoms with E-state index in [1.54, 1.807) is 12.4 Å². The van der Waals surface area contributed by atoms with Crippen molar-refractivity contribution >= 4 is 16.8 Å². The summed E-state index contributed by atoms with van der Waals surface area (Å²) in [4.78, 5) is 9.78. The van der Waals surface area contributed by atoms with Crippen LogP contribution in [0.25, 0.3) is 0 Å². The molecule has 0 bridgehead atoms. The topological polar surface area (TPSA) is 33.7 Å². The molecule has 0 amide bonds. The lowest BCUT2D eigenvalue weighted by molar-refractivity contribution is -0.614. The molecule has 0 unspecified atom stereocenters. The van der Waals surface area contributed by atoms with Crippen LogP contribution in [-0.2, 0) is 4.79 Å². The third-order valence-corrected chi connectivity index (χ3v) is 0.519. The summed E-state index contributed by atoms with van der Waals surface area (Å²) < 4.78 is 0. The molecule has 36 valence electrons. The number of halogens is 1. The molecule has 0 aromatic heterocycles. The fraction of sp³-hybridized carbons (Fsp3) is 0.667. The van der Waals surface area contributed by atoms with E-state index in [0.717, 1.165) is 0 Å². The quantitative estimate of drug-likeness (QED) is 0.450. The normalized spacial score (nSPS) is 8.33. The molecule has 2 N–H and O–H groups in total. The second-order valence-electron chi connectivity index (χ2n) is 0.967. The van der Waals surface area contributed by atoms with E-state index in [9.17, 15) is 4.79 Å². The molecule has 0 spiro atoms. The Labute approximate surface area is 41.5 Å². The van der Waals surface area contributed by atoms with Crippen molar-refractivity contribution in [2.45, 2.75) is 0 Å². The highest BCUT2D eigenvalue weighted by atomic mass is 35.5. The van der Waals surface area contributed by atoms with Crippen molar-refractivity contribution in [2.24, 2.45) is 0 Å². The average Bonchev–Trinajstić information content (AvgIpc) is 1.35. The lowest BCUT2D eigenvalue weighted by Gasteiger charge is -1.79. The number of rotatable bonds is 2. The van der Waals surface area contributed by atoms with Crippen LogP contribution in [0, 0.1) is 0 Å². The standard InChI is InChI=1S/C3H6ClNO/c1-5-2-3(4)6/h5H,2H2,1H3/p+1. The van der Waals surface area contributed by atoms with Gasteiger partial charge in [0.15, 0.2) is 6.54 Å². The number of quaternary nitrogens is 1. The summed E-state index contributed by atoms with van der Waals surface area (Å²) >= 11 is 4.91. The van der Waals surface area contributed by atoms with Crippen LogP contribution < -0.4 is 5.32 Å². The molecule has 0 aliphatic rings. The van der Waals surface area contributed by atoms with Crippen molar-refractivity contribution in [3.63, 3.8) is 0 Å². The zero-order valence-corrected chi connectivity index (χ0v) is 4.33. The van der Waals surface area contributed by atoms with E-state index in [4.69, 9.17) is 11.6 Å². The van der Waals surface area contributed by atoms with Crippen molar-refractivity contribution in [1.29, 1.82) is 0 Å². The maximum absolute atomic E-state index is 9.78. The number of hydrogen-bond donors (Lipinski definition) is 1. The van der Waals surface area contributed by atoms with Crippen LogP contribution >= 0.6 is 11.6 Å². The maximum atomic E-state index is 9.78. The number of nitrogens with two attached hydrogens (primary N) is 1. The Morgan fingerprint density at radius 2 is 2.50 bits per heavy atom. The number of likely N-dealkylation sites (N-methyl/N-ethyl adjacent to an activating group) is 1. The largest absolute Gasteiger partial charge is 0.341 e. The van der Waals surface area contributed by atoms with Crippen molar-refractivity contribution in [2.75, 3.05) is 13.6 Å². The molecule has 0 aromatic carbocycles. The summed E-state index contributed by atoms with van der Waals surface area (Å²) in [5, 5.41) is 1.42. The van der Waals surface area contributed by atoms with E-state index in [-0.39, 0.29) is 5.24 Å². The second kappa shape index (κ2) is 3.12. The molecule has 0 saturated heterocycles. The lowest BCUT2D eigenvalue weighted by atomic mass is 10.7. The van der Waals surface area contributed by atoms with Crippen LogP contribution in [0.5, 0.6) is 0 Å². The van der Waals surface area contributed by atoms with Gasteiger partial charge in [-0.25, -0.2) is 0 Å². The van der Waals surface area contributed by atoms with Crippen LogP contribution in [0.4, 0.5) is 0 Å². The van der Waals surface area contributed by atoms with Gasteiger partial charge in [0.1, 0.15) is 0 Å². The Balaban J connectivity index is 2.83. The number of carbonyl (C=O) groups is 1. The Morgan fingerprint density at radius 3 is 2.50 bits per heavy atom. The Morgan fingerprint density at radius 1 is 2.00 bits per heavy atom. The van der Waals surface area contributed by atoms with Gasteiger partial charge >= 0.3 is 0 Å². The van der Waals surface area contributed by atoms with Gasteiger partial charge in [0.2, 0.25) is 0 Å². The predicted octanol–water partition coefficient (Wildman–Crippen LogP) is -1.05. The van der Waals surface area contributed by atoms with Gasteiger partial charge in [-0.15, -0.1) is 0 Å². The lowest BCUT2D eigenvalue weighted by Crippen LogP contribution is -2.81. The first-order chi connectivity index (χ1) is 2.77. The van der Waals surface area contributed by atoms with Gasteiger partial charge in [0.25, 0.3) is 5.24 Å². The monoisotopic (exact) mass is 108 g/mol. The molecular formula is C3H7ClNO+. The van der Waals surface area contributed by atoms with Gasteiger partial charge in [-0.1, -0.05) is 0 Å². The minimum Gasteiger partial charge on any atom is -0.341 e. The summed E-state index contributed by atoms with van der Waals surface area (Å²) in [7, 11) is 1.79. The third-order valence-electron chi connectivity index (χ3n) is 0.365. The molecule has 0 radical (unpaired) electrons. The number of hydrogen-bond acceptors (Lipinski definition) is 1. The Hall–Kier alpha value is -0.0800. The van der Waals surface area contributed by atoms with Gasteiger partial charge in [-0.2, -0.15) is 0 Å². The van der Waals surface area contributed by atoms with Gasteiger partial charge in [0.05, 0.1) is 7.05 Å². The maximum Gasteiger partial charge on any atom is 0.276 e. The van der Waals surface area contributed by atoms with E-state index >= 15 is 0 Å². The van der Waals surface area contributed by atoms with E-state index in [1.165, 1.54) is 0 Å². The fourth-order valence-corrected chi connectivity index (χ4v) is 0.315.